The minimum Gasteiger partial charge on any atom is -0.352 e. The Hall–Kier alpha value is -2.23. The Morgan fingerprint density at radius 2 is 1.92 bits per heavy atom. The molecule has 1 aromatic heterocycles. The number of H-pyrrole nitrogens is 1. The first-order valence-corrected chi connectivity index (χ1v) is 9.51. The second-order valence-corrected chi connectivity index (χ2v) is 7.26. The lowest BCUT2D eigenvalue weighted by atomic mass is 10.2. The molecule has 8 nitrogen and oxygen atoms in total. The minimum absolute atomic E-state index is 0.131. The summed E-state index contributed by atoms with van der Waals surface area (Å²) in [6.07, 6.45) is 4.74. The fourth-order valence-electron chi connectivity index (χ4n) is 2.18. The quantitative estimate of drug-likeness (QED) is 0.451. The maximum atomic E-state index is 12.2. The van der Waals surface area contributed by atoms with Crippen molar-refractivity contribution in [3.8, 4) is 0 Å². The lowest BCUT2D eigenvalue weighted by Crippen LogP contribution is -2.27. The first kappa shape index (κ1) is 19.1. The summed E-state index contributed by atoms with van der Waals surface area (Å²) in [5.41, 5.74) is 1.36. The van der Waals surface area contributed by atoms with Crippen molar-refractivity contribution in [1.29, 1.82) is 0 Å². The van der Waals surface area contributed by atoms with Crippen LogP contribution in [0.5, 0.6) is 0 Å². The van der Waals surface area contributed by atoms with Crippen molar-refractivity contribution in [1.82, 2.24) is 25.6 Å². The van der Waals surface area contributed by atoms with Gasteiger partial charge in [0.05, 0.1) is 11.1 Å². The summed E-state index contributed by atoms with van der Waals surface area (Å²) >= 11 is 0. The molecule has 1 heterocycles. The fourth-order valence-corrected chi connectivity index (χ4v) is 3.21. The van der Waals surface area contributed by atoms with Gasteiger partial charge >= 0.3 is 0 Å². The Morgan fingerprint density at radius 1 is 1.16 bits per heavy atom. The number of nitrogens with zero attached hydrogens (tertiary/aromatic N) is 1. The number of carbonyl (C=O) groups is 1. The molecule has 0 fully saturated rings. The molecule has 0 aliphatic carbocycles. The smallest absolute Gasteiger partial charge is 0.251 e. The van der Waals surface area contributed by atoms with E-state index in [0.29, 0.717) is 18.5 Å². The second-order valence-electron chi connectivity index (χ2n) is 5.49. The van der Waals surface area contributed by atoms with Crippen LogP contribution in [0.1, 0.15) is 22.3 Å². The molecular formula is C16H23N5O3S. The average Bonchev–Trinajstić information content (AvgIpc) is 3.12. The van der Waals surface area contributed by atoms with Gasteiger partial charge in [-0.1, -0.05) is 0 Å². The van der Waals surface area contributed by atoms with Gasteiger partial charge in [-0.05, 0) is 56.3 Å². The van der Waals surface area contributed by atoms with Crippen LogP contribution in [0, 0.1) is 0 Å². The molecule has 0 aliphatic heterocycles. The minimum atomic E-state index is -3.60. The van der Waals surface area contributed by atoms with Gasteiger partial charge in [-0.25, -0.2) is 13.1 Å². The Morgan fingerprint density at radius 3 is 2.56 bits per heavy atom. The number of rotatable bonds is 10. The SMILES string of the molecule is CNCCCNC(=O)c1ccc(S(=O)(=O)NCCc2cn[nH]c2)cc1. The molecular weight excluding hydrogens is 342 g/mol. The Labute approximate surface area is 147 Å². The number of sulfonamides is 1. The summed E-state index contributed by atoms with van der Waals surface area (Å²) in [7, 11) is -1.75. The zero-order valence-corrected chi connectivity index (χ0v) is 14.9. The number of amides is 1. The summed E-state index contributed by atoms with van der Waals surface area (Å²) in [5.74, 6) is -0.215. The Balaban J connectivity index is 1.87. The Kier molecular flexibility index (Phi) is 7.11. The van der Waals surface area contributed by atoms with Crippen LogP contribution < -0.4 is 15.4 Å². The molecule has 136 valence electrons. The summed E-state index contributed by atoms with van der Waals surface area (Å²) in [4.78, 5) is 12.1. The van der Waals surface area contributed by atoms with E-state index in [-0.39, 0.29) is 17.3 Å². The monoisotopic (exact) mass is 365 g/mol. The van der Waals surface area contributed by atoms with Crippen LogP contribution in [0.25, 0.3) is 0 Å². The van der Waals surface area contributed by atoms with Crippen molar-refractivity contribution in [2.45, 2.75) is 17.7 Å². The molecule has 1 aromatic carbocycles. The van der Waals surface area contributed by atoms with E-state index in [4.69, 9.17) is 0 Å². The molecule has 1 amide bonds. The summed E-state index contributed by atoms with van der Waals surface area (Å²) in [6, 6.07) is 5.89. The summed E-state index contributed by atoms with van der Waals surface area (Å²) < 4.78 is 27.0. The van der Waals surface area contributed by atoms with Crippen LogP contribution in [0.3, 0.4) is 0 Å². The largest absolute Gasteiger partial charge is 0.352 e. The van der Waals surface area contributed by atoms with E-state index in [0.717, 1.165) is 18.5 Å². The van der Waals surface area contributed by atoms with Gasteiger partial charge in [0.2, 0.25) is 10.0 Å². The number of aromatic nitrogens is 2. The highest BCUT2D eigenvalue weighted by molar-refractivity contribution is 7.89. The van der Waals surface area contributed by atoms with Crippen LogP contribution >= 0.6 is 0 Å². The van der Waals surface area contributed by atoms with Gasteiger partial charge in [0.25, 0.3) is 5.91 Å². The Bertz CT molecular complexity index is 758. The van der Waals surface area contributed by atoms with Crippen LogP contribution in [0.15, 0.2) is 41.6 Å². The maximum Gasteiger partial charge on any atom is 0.251 e. The molecule has 0 spiro atoms. The second kappa shape index (κ2) is 9.30. The summed E-state index contributed by atoms with van der Waals surface area (Å²) in [6.45, 7) is 1.66. The van der Waals surface area contributed by atoms with Crippen molar-refractivity contribution in [3.63, 3.8) is 0 Å². The number of hydrogen-bond donors (Lipinski definition) is 4. The lowest BCUT2D eigenvalue weighted by molar-refractivity contribution is 0.0953. The number of carbonyl (C=O) groups excluding carboxylic acids is 1. The molecule has 0 unspecified atom stereocenters. The molecule has 9 heteroatoms. The average molecular weight is 365 g/mol. The van der Waals surface area contributed by atoms with E-state index in [1.807, 2.05) is 7.05 Å². The standard InChI is InChI=1S/C16H23N5O3S/c1-17-8-2-9-18-16(22)14-3-5-15(6-4-14)25(23,24)21-10-7-13-11-19-20-12-13/h3-6,11-12,17,21H,2,7-10H2,1H3,(H,18,22)(H,19,20). The predicted molar refractivity (Wildman–Crippen MR) is 94.8 cm³/mol. The maximum absolute atomic E-state index is 12.2. The van der Waals surface area contributed by atoms with Gasteiger partial charge in [-0.3, -0.25) is 9.89 Å². The molecule has 0 aliphatic rings. The van der Waals surface area contributed by atoms with E-state index in [9.17, 15) is 13.2 Å². The number of benzene rings is 1. The van der Waals surface area contributed by atoms with Gasteiger partial charge in [0, 0.05) is 24.8 Å². The third-order valence-electron chi connectivity index (χ3n) is 3.58. The highest BCUT2D eigenvalue weighted by atomic mass is 32.2. The van der Waals surface area contributed by atoms with E-state index in [2.05, 4.69) is 25.6 Å². The third kappa shape index (κ3) is 5.96. The first-order valence-electron chi connectivity index (χ1n) is 8.03. The van der Waals surface area contributed by atoms with Gasteiger partial charge in [-0.2, -0.15) is 5.10 Å². The normalized spacial score (nSPS) is 11.4. The molecule has 0 radical (unpaired) electrons. The fraction of sp³-hybridized carbons (Fsp3) is 0.375. The lowest BCUT2D eigenvalue weighted by Gasteiger charge is -2.08. The summed E-state index contributed by atoms with van der Waals surface area (Å²) in [5, 5.41) is 12.3. The third-order valence-corrected chi connectivity index (χ3v) is 5.05. The van der Waals surface area contributed by atoms with E-state index < -0.39 is 10.0 Å². The molecule has 0 saturated heterocycles. The highest BCUT2D eigenvalue weighted by Gasteiger charge is 2.14. The van der Waals surface area contributed by atoms with Crippen molar-refractivity contribution < 1.29 is 13.2 Å². The number of hydrogen-bond acceptors (Lipinski definition) is 5. The van der Waals surface area contributed by atoms with Crippen LogP contribution in [-0.4, -0.2) is 51.2 Å². The van der Waals surface area contributed by atoms with Gasteiger partial charge in [0.1, 0.15) is 0 Å². The number of nitrogens with one attached hydrogen (secondary N) is 4. The van der Waals surface area contributed by atoms with Crippen molar-refractivity contribution in [2.75, 3.05) is 26.7 Å². The molecule has 0 bridgehead atoms. The van der Waals surface area contributed by atoms with E-state index in [1.54, 1.807) is 12.4 Å². The molecule has 0 saturated carbocycles. The van der Waals surface area contributed by atoms with Crippen LogP contribution in [-0.2, 0) is 16.4 Å². The van der Waals surface area contributed by atoms with E-state index in [1.165, 1.54) is 24.3 Å². The van der Waals surface area contributed by atoms with Crippen LogP contribution in [0.2, 0.25) is 0 Å². The number of aromatic amines is 1. The van der Waals surface area contributed by atoms with Gasteiger partial charge in [0.15, 0.2) is 0 Å². The topological polar surface area (TPSA) is 116 Å². The van der Waals surface area contributed by atoms with E-state index >= 15 is 0 Å². The zero-order valence-electron chi connectivity index (χ0n) is 14.1. The van der Waals surface area contributed by atoms with Crippen molar-refractivity contribution >= 4 is 15.9 Å². The van der Waals surface area contributed by atoms with Crippen LogP contribution in [0.4, 0.5) is 0 Å². The van der Waals surface area contributed by atoms with Crippen molar-refractivity contribution in [3.05, 3.63) is 47.8 Å². The highest BCUT2D eigenvalue weighted by Crippen LogP contribution is 2.10. The van der Waals surface area contributed by atoms with Gasteiger partial charge in [-0.15, -0.1) is 0 Å². The van der Waals surface area contributed by atoms with Crippen molar-refractivity contribution in [2.24, 2.45) is 0 Å². The molecule has 4 N–H and O–H groups in total. The molecule has 0 atom stereocenters. The predicted octanol–water partition coefficient (Wildman–Crippen LogP) is 0.270. The first-order chi connectivity index (χ1) is 12.0. The molecule has 25 heavy (non-hydrogen) atoms. The van der Waals surface area contributed by atoms with Gasteiger partial charge < -0.3 is 10.6 Å². The molecule has 2 aromatic rings. The molecule has 2 rings (SSSR count). The zero-order chi connectivity index (χ0) is 18.1.